The topological polar surface area (TPSA) is 100 Å². The van der Waals surface area contributed by atoms with Crippen LogP contribution in [0.1, 0.15) is 16.1 Å². The number of anilines is 1. The number of carbonyl (C=O) groups excluding carboxylic acids is 1. The van der Waals surface area contributed by atoms with E-state index in [1.54, 1.807) is 24.3 Å². The fraction of sp³-hybridized carbons (Fsp3) is 0.0833. The molecule has 0 aliphatic heterocycles. The Morgan fingerprint density at radius 1 is 1.32 bits per heavy atom. The lowest BCUT2D eigenvalue weighted by atomic mass is 10.1. The first-order valence-corrected chi connectivity index (χ1v) is 5.49. The molecular weight excluding hydrogens is 246 g/mol. The fourth-order valence-corrected chi connectivity index (χ4v) is 1.27. The highest BCUT2D eigenvalue weighted by atomic mass is 16.1. The lowest BCUT2D eigenvalue weighted by molar-refractivity contribution is 0.107. The average molecular weight is 257 g/mol. The third-order valence-corrected chi connectivity index (χ3v) is 2.27. The van der Waals surface area contributed by atoms with Crippen molar-refractivity contribution < 1.29 is 4.79 Å². The number of ketones is 1. The molecular formula is C12H11N5O2. The van der Waals surface area contributed by atoms with Crippen molar-refractivity contribution in [3.05, 3.63) is 51.9 Å². The van der Waals surface area contributed by atoms with Gasteiger partial charge in [-0.05, 0) is 6.92 Å². The summed E-state index contributed by atoms with van der Waals surface area (Å²) >= 11 is 0. The molecule has 0 radical (unpaired) electrons. The first kappa shape index (κ1) is 12.6. The third kappa shape index (κ3) is 3.32. The Hall–Kier alpha value is -2.83. The molecule has 1 heterocycles. The minimum atomic E-state index is -0.359. The summed E-state index contributed by atoms with van der Waals surface area (Å²) in [5.74, 6) is -0.178. The number of rotatable bonds is 4. The van der Waals surface area contributed by atoms with Crippen LogP contribution < -0.4 is 11.0 Å². The van der Waals surface area contributed by atoms with Crippen LogP contribution in [0.2, 0.25) is 0 Å². The average Bonchev–Trinajstić information content (AvgIpc) is 2.43. The first-order valence-electron chi connectivity index (χ1n) is 5.49. The molecule has 0 spiro atoms. The van der Waals surface area contributed by atoms with E-state index in [1.165, 1.54) is 6.92 Å². The van der Waals surface area contributed by atoms with Gasteiger partial charge >= 0.3 is 0 Å². The maximum absolute atomic E-state index is 11.7. The van der Waals surface area contributed by atoms with Crippen LogP contribution in [0.4, 0.5) is 5.95 Å². The molecule has 2 rings (SSSR count). The summed E-state index contributed by atoms with van der Waals surface area (Å²) in [6.45, 7) is 1.54. The Morgan fingerprint density at radius 2 is 2.05 bits per heavy atom. The zero-order chi connectivity index (χ0) is 13.7. The number of nitrogens with zero attached hydrogens (tertiary/aromatic N) is 3. The smallest absolute Gasteiger partial charge is 0.274 e. The Bertz CT molecular complexity index is 663. The van der Waals surface area contributed by atoms with E-state index in [4.69, 9.17) is 0 Å². The van der Waals surface area contributed by atoms with Crippen molar-refractivity contribution in [2.24, 2.45) is 5.10 Å². The number of aromatic nitrogens is 3. The van der Waals surface area contributed by atoms with Crippen molar-refractivity contribution >= 4 is 17.9 Å². The van der Waals surface area contributed by atoms with Crippen LogP contribution in [0.5, 0.6) is 0 Å². The van der Waals surface area contributed by atoms with Crippen molar-refractivity contribution in [1.82, 2.24) is 15.2 Å². The summed E-state index contributed by atoms with van der Waals surface area (Å²) in [5.41, 5.74) is 2.86. The van der Waals surface area contributed by atoms with Crippen LogP contribution in [0.3, 0.4) is 0 Å². The lowest BCUT2D eigenvalue weighted by Gasteiger charge is -1.97. The number of hydrazone groups is 1. The van der Waals surface area contributed by atoms with Crippen molar-refractivity contribution in [3.63, 3.8) is 0 Å². The normalized spacial score (nSPS) is 10.6. The molecule has 0 aliphatic carbocycles. The predicted molar refractivity (Wildman–Crippen MR) is 70.3 cm³/mol. The fourth-order valence-electron chi connectivity index (χ4n) is 1.27. The van der Waals surface area contributed by atoms with Crippen molar-refractivity contribution in [1.29, 1.82) is 0 Å². The quantitative estimate of drug-likeness (QED) is 0.478. The van der Waals surface area contributed by atoms with Crippen LogP contribution >= 0.6 is 0 Å². The number of Topliss-reactive ketones (excluding diaryl/α,β-unsaturated/α-hetero) is 1. The Balaban J connectivity index is 2.02. The molecule has 96 valence electrons. The lowest BCUT2D eigenvalue weighted by Crippen LogP contribution is -2.15. The van der Waals surface area contributed by atoms with Gasteiger partial charge in [-0.3, -0.25) is 14.6 Å². The van der Waals surface area contributed by atoms with Gasteiger partial charge in [0.05, 0.1) is 6.21 Å². The van der Waals surface area contributed by atoms with Crippen molar-refractivity contribution in [3.8, 4) is 0 Å². The summed E-state index contributed by atoms with van der Waals surface area (Å²) in [5, 5.41) is 11.0. The second-order valence-corrected chi connectivity index (χ2v) is 3.69. The molecule has 2 aromatic rings. The van der Waals surface area contributed by atoms with E-state index < -0.39 is 0 Å². The summed E-state index contributed by atoms with van der Waals surface area (Å²) in [7, 11) is 0. The van der Waals surface area contributed by atoms with Gasteiger partial charge in [-0.25, -0.2) is 5.43 Å². The van der Waals surface area contributed by atoms with Crippen LogP contribution in [0.15, 0.2) is 40.2 Å². The number of aromatic amines is 1. The molecule has 7 heteroatoms. The molecule has 2 N–H and O–H groups in total. The molecule has 0 unspecified atom stereocenters. The molecule has 0 amide bonds. The van der Waals surface area contributed by atoms with Gasteiger partial charge in [-0.2, -0.15) is 5.10 Å². The number of carbonyl (C=O) groups is 1. The second-order valence-electron chi connectivity index (χ2n) is 3.69. The monoisotopic (exact) mass is 257 g/mol. The Kier molecular flexibility index (Phi) is 3.77. The van der Waals surface area contributed by atoms with Gasteiger partial charge in [0, 0.05) is 5.56 Å². The molecule has 0 aliphatic rings. The van der Waals surface area contributed by atoms with Gasteiger partial charge in [0.1, 0.15) is 5.69 Å². The molecule has 0 bridgehead atoms. The van der Waals surface area contributed by atoms with E-state index in [1.807, 2.05) is 6.07 Å². The standard InChI is InChI=1S/C12H11N5O2/c1-8-11(19)14-12(17-15-8)16-13-7-10(18)9-5-3-2-4-6-9/h2-7H,1H3,(H2,14,16,17,19). The Morgan fingerprint density at radius 3 is 2.74 bits per heavy atom. The maximum Gasteiger partial charge on any atom is 0.274 e. The van der Waals surface area contributed by atoms with Crippen LogP contribution in [-0.2, 0) is 0 Å². The maximum atomic E-state index is 11.7. The molecule has 0 saturated carbocycles. The minimum Gasteiger partial charge on any atom is -0.288 e. The third-order valence-electron chi connectivity index (χ3n) is 2.27. The number of hydrogen-bond donors (Lipinski definition) is 2. The molecule has 0 fully saturated rings. The van der Waals surface area contributed by atoms with Gasteiger partial charge in [-0.1, -0.05) is 30.3 Å². The van der Waals surface area contributed by atoms with E-state index in [0.717, 1.165) is 6.21 Å². The van der Waals surface area contributed by atoms with Gasteiger partial charge < -0.3 is 0 Å². The van der Waals surface area contributed by atoms with E-state index >= 15 is 0 Å². The van der Waals surface area contributed by atoms with Crippen LogP contribution in [0.25, 0.3) is 0 Å². The summed E-state index contributed by atoms with van der Waals surface area (Å²) in [4.78, 5) is 25.3. The highest BCUT2D eigenvalue weighted by molar-refractivity contribution is 6.35. The molecule has 19 heavy (non-hydrogen) atoms. The van der Waals surface area contributed by atoms with Crippen molar-refractivity contribution in [2.75, 3.05) is 5.43 Å². The second kappa shape index (κ2) is 5.67. The highest BCUT2D eigenvalue weighted by Crippen LogP contribution is 1.98. The van der Waals surface area contributed by atoms with E-state index in [-0.39, 0.29) is 23.0 Å². The van der Waals surface area contributed by atoms with E-state index in [9.17, 15) is 9.59 Å². The minimum absolute atomic E-state index is 0.0766. The van der Waals surface area contributed by atoms with Gasteiger partial charge in [0.15, 0.2) is 0 Å². The zero-order valence-corrected chi connectivity index (χ0v) is 10.1. The number of benzene rings is 1. The summed E-state index contributed by atoms with van der Waals surface area (Å²) in [6, 6.07) is 8.71. The van der Waals surface area contributed by atoms with Gasteiger partial charge in [0.25, 0.3) is 5.56 Å². The number of nitrogens with one attached hydrogen (secondary N) is 2. The largest absolute Gasteiger partial charge is 0.288 e. The van der Waals surface area contributed by atoms with Gasteiger partial charge in [0.2, 0.25) is 11.7 Å². The van der Waals surface area contributed by atoms with E-state index in [0.29, 0.717) is 5.56 Å². The number of H-pyrrole nitrogens is 1. The van der Waals surface area contributed by atoms with E-state index in [2.05, 4.69) is 25.7 Å². The van der Waals surface area contributed by atoms with Gasteiger partial charge in [-0.15, -0.1) is 10.2 Å². The van der Waals surface area contributed by atoms with Crippen LogP contribution in [0, 0.1) is 6.92 Å². The summed E-state index contributed by atoms with van der Waals surface area (Å²) < 4.78 is 0. The Labute approximate surface area is 108 Å². The molecule has 7 nitrogen and oxygen atoms in total. The van der Waals surface area contributed by atoms with Crippen LogP contribution in [-0.4, -0.2) is 27.2 Å². The molecule has 1 aromatic heterocycles. The SMILES string of the molecule is Cc1nnc(NN=CC(=O)c2ccccc2)[nH]c1=O. The van der Waals surface area contributed by atoms with Crippen molar-refractivity contribution in [2.45, 2.75) is 6.92 Å². The first-order chi connectivity index (χ1) is 9.16. The summed E-state index contributed by atoms with van der Waals surface area (Å²) in [6.07, 6.45) is 1.11. The molecule has 0 saturated heterocycles. The highest BCUT2D eigenvalue weighted by Gasteiger charge is 2.01. The predicted octanol–water partition coefficient (Wildman–Crippen LogP) is 0.754. The number of aryl methyl sites for hydroxylation is 1. The molecule has 0 atom stereocenters. The number of hydrogen-bond acceptors (Lipinski definition) is 6. The molecule has 1 aromatic carbocycles. The zero-order valence-electron chi connectivity index (χ0n) is 10.1.